The van der Waals surface area contributed by atoms with Crippen molar-refractivity contribution in [2.45, 2.75) is 71.1 Å². The topological polar surface area (TPSA) is 63.6 Å². The van der Waals surface area contributed by atoms with Crippen molar-refractivity contribution in [2.75, 3.05) is 7.11 Å². The molecule has 0 saturated carbocycles. The Bertz CT molecular complexity index is 249. The van der Waals surface area contributed by atoms with Gasteiger partial charge in [0.2, 0.25) is 0 Å². The Hall–Kier alpha value is -1.32. The largest absolute Gasteiger partial charge is 0.478 e. The molecule has 4 nitrogen and oxygen atoms in total. The van der Waals surface area contributed by atoms with E-state index in [4.69, 9.17) is 5.11 Å². The van der Waals surface area contributed by atoms with Gasteiger partial charge in [0.05, 0.1) is 7.11 Å². The molecular formula is C16H30O4. The third kappa shape index (κ3) is 21.9. The molecule has 0 aliphatic carbocycles. The van der Waals surface area contributed by atoms with Crippen molar-refractivity contribution in [2.24, 2.45) is 0 Å². The molecule has 0 rings (SSSR count). The number of methoxy groups -OCH3 is 1. The van der Waals surface area contributed by atoms with Gasteiger partial charge in [-0.2, -0.15) is 0 Å². The summed E-state index contributed by atoms with van der Waals surface area (Å²) in [6, 6.07) is 0. The minimum absolute atomic E-state index is 0.0713. The molecule has 0 radical (unpaired) electrons. The van der Waals surface area contributed by atoms with E-state index in [-0.39, 0.29) is 5.97 Å². The summed E-state index contributed by atoms with van der Waals surface area (Å²) < 4.78 is 4.58. The molecule has 0 spiro atoms. The second-order valence-corrected chi connectivity index (χ2v) is 4.70. The van der Waals surface area contributed by atoms with E-state index in [0.29, 0.717) is 6.42 Å². The first-order chi connectivity index (χ1) is 9.58. The predicted octanol–water partition coefficient (Wildman–Crippen LogP) is 4.34. The molecule has 1 N–H and O–H groups in total. The molecule has 0 unspecified atom stereocenters. The van der Waals surface area contributed by atoms with Crippen molar-refractivity contribution in [3.63, 3.8) is 0 Å². The lowest BCUT2D eigenvalue weighted by Gasteiger charge is -2.01. The molecule has 118 valence electrons. The Kier molecular flexibility index (Phi) is 18.6. The SMILES string of the molecule is C=CC(=O)O.CCCCCCCCCCCC(=O)OC. The highest BCUT2D eigenvalue weighted by Crippen LogP contribution is 2.10. The van der Waals surface area contributed by atoms with Crippen molar-refractivity contribution in [3.05, 3.63) is 12.7 Å². The lowest BCUT2D eigenvalue weighted by atomic mass is 10.1. The molecule has 0 heterocycles. The third-order valence-electron chi connectivity index (χ3n) is 2.89. The van der Waals surface area contributed by atoms with E-state index in [0.717, 1.165) is 12.5 Å². The molecule has 4 heteroatoms. The molecule has 0 bridgehead atoms. The summed E-state index contributed by atoms with van der Waals surface area (Å²) in [5.41, 5.74) is 0. The van der Waals surface area contributed by atoms with Crippen molar-refractivity contribution in [1.29, 1.82) is 0 Å². The number of unbranched alkanes of at least 4 members (excludes halogenated alkanes) is 8. The van der Waals surface area contributed by atoms with Gasteiger partial charge in [-0.1, -0.05) is 64.9 Å². The zero-order valence-corrected chi connectivity index (χ0v) is 13.0. The maximum Gasteiger partial charge on any atom is 0.327 e. The second kappa shape index (κ2) is 17.7. The molecule has 0 aromatic carbocycles. The van der Waals surface area contributed by atoms with Gasteiger partial charge in [-0.25, -0.2) is 4.79 Å². The van der Waals surface area contributed by atoms with Gasteiger partial charge in [-0.05, 0) is 6.42 Å². The number of hydrogen-bond acceptors (Lipinski definition) is 3. The van der Waals surface area contributed by atoms with E-state index in [2.05, 4.69) is 18.2 Å². The maximum atomic E-state index is 10.8. The van der Waals surface area contributed by atoms with Gasteiger partial charge in [-0.15, -0.1) is 0 Å². The summed E-state index contributed by atoms with van der Waals surface area (Å²) >= 11 is 0. The number of hydrogen-bond donors (Lipinski definition) is 1. The highest BCUT2D eigenvalue weighted by molar-refractivity contribution is 5.78. The summed E-state index contributed by atoms with van der Waals surface area (Å²) in [5, 5.41) is 7.60. The number of carbonyl (C=O) groups is 2. The lowest BCUT2D eigenvalue weighted by molar-refractivity contribution is -0.140. The quantitative estimate of drug-likeness (QED) is 0.349. The minimum Gasteiger partial charge on any atom is -0.478 e. The molecule has 0 aromatic rings. The normalized spacial score (nSPS) is 9.30. The van der Waals surface area contributed by atoms with Crippen LogP contribution >= 0.6 is 0 Å². The number of carboxylic acid groups (broad SMARTS) is 1. The summed E-state index contributed by atoms with van der Waals surface area (Å²) in [6.07, 6.45) is 13.0. The second-order valence-electron chi connectivity index (χ2n) is 4.70. The highest BCUT2D eigenvalue weighted by atomic mass is 16.5. The van der Waals surface area contributed by atoms with Crippen LogP contribution in [0.5, 0.6) is 0 Å². The standard InChI is InChI=1S/C13H26O2.C3H4O2/c1-3-4-5-6-7-8-9-10-11-12-13(14)15-2;1-2-3(4)5/h3-12H2,1-2H3;2H,1H2,(H,4,5). The van der Waals surface area contributed by atoms with Gasteiger partial charge in [0, 0.05) is 12.5 Å². The molecule has 0 atom stereocenters. The van der Waals surface area contributed by atoms with Gasteiger partial charge < -0.3 is 9.84 Å². The minimum atomic E-state index is -0.981. The number of esters is 1. The van der Waals surface area contributed by atoms with Crippen molar-refractivity contribution >= 4 is 11.9 Å². The van der Waals surface area contributed by atoms with Gasteiger partial charge >= 0.3 is 11.9 Å². The Morgan fingerprint density at radius 2 is 1.40 bits per heavy atom. The van der Waals surface area contributed by atoms with Crippen LogP contribution in [0.25, 0.3) is 0 Å². The van der Waals surface area contributed by atoms with E-state index < -0.39 is 5.97 Å². The number of carboxylic acids is 1. The predicted molar refractivity (Wildman–Crippen MR) is 81.7 cm³/mol. The molecular weight excluding hydrogens is 256 g/mol. The van der Waals surface area contributed by atoms with Crippen LogP contribution in [0.15, 0.2) is 12.7 Å². The first-order valence-electron chi connectivity index (χ1n) is 7.50. The lowest BCUT2D eigenvalue weighted by Crippen LogP contribution is -1.99. The smallest absolute Gasteiger partial charge is 0.327 e. The third-order valence-corrected chi connectivity index (χ3v) is 2.89. The molecule has 0 aromatic heterocycles. The van der Waals surface area contributed by atoms with Crippen molar-refractivity contribution < 1.29 is 19.4 Å². The van der Waals surface area contributed by atoms with Gasteiger partial charge in [0.25, 0.3) is 0 Å². The average Bonchev–Trinajstić information content (AvgIpc) is 2.45. The van der Waals surface area contributed by atoms with Crippen LogP contribution in [0.2, 0.25) is 0 Å². The monoisotopic (exact) mass is 286 g/mol. The summed E-state index contributed by atoms with van der Waals surface area (Å²) in [7, 11) is 1.45. The van der Waals surface area contributed by atoms with Crippen LogP contribution in [0.3, 0.4) is 0 Å². The molecule has 0 aliphatic rings. The highest BCUT2D eigenvalue weighted by Gasteiger charge is 1.98. The van der Waals surface area contributed by atoms with E-state index in [9.17, 15) is 9.59 Å². The van der Waals surface area contributed by atoms with E-state index in [1.54, 1.807) is 0 Å². The van der Waals surface area contributed by atoms with E-state index in [1.807, 2.05) is 0 Å². The first kappa shape index (κ1) is 21.0. The Balaban J connectivity index is 0. The van der Waals surface area contributed by atoms with E-state index >= 15 is 0 Å². The first-order valence-corrected chi connectivity index (χ1v) is 7.50. The molecule has 0 saturated heterocycles. The van der Waals surface area contributed by atoms with Crippen LogP contribution in [0.4, 0.5) is 0 Å². The summed E-state index contributed by atoms with van der Waals surface area (Å²) in [6.45, 7) is 5.20. The number of rotatable bonds is 11. The molecule has 20 heavy (non-hydrogen) atoms. The summed E-state index contributed by atoms with van der Waals surface area (Å²) in [4.78, 5) is 20.0. The number of aliphatic carboxylic acids is 1. The van der Waals surface area contributed by atoms with Crippen molar-refractivity contribution in [3.8, 4) is 0 Å². The fourth-order valence-corrected chi connectivity index (χ4v) is 1.68. The average molecular weight is 286 g/mol. The van der Waals surface area contributed by atoms with Crippen LogP contribution < -0.4 is 0 Å². The van der Waals surface area contributed by atoms with Crippen LogP contribution in [0.1, 0.15) is 71.1 Å². The van der Waals surface area contributed by atoms with Crippen LogP contribution in [-0.2, 0) is 14.3 Å². The Morgan fingerprint density at radius 1 is 1.00 bits per heavy atom. The van der Waals surface area contributed by atoms with E-state index in [1.165, 1.54) is 58.5 Å². The maximum absolute atomic E-state index is 10.8. The Morgan fingerprint density at radius 3 is 1.75 bits per heavy atom. The van der Waals surface area contributed by atoms with Gasteiger partial charge in [0.15, 0.2) is 0 Å². The molecule has 0 amide bonds. The number of carbonyl (C=O) groups excluding carboxylic acids is 1. The molecule has 0 fully saturated rings. The fourth-order valence-electron chi connectivity index (χ4n) is 1.68. The van der Waals surface area contributed by atoms with Gasteiger partial charge in [0.1, 0.15) is 0 Å². The van der Waals surface area contributed by atoms with Gasteiger partial charge in [-0.3, -0.25) is 4.79 Å². The van der Waals surface area contributed by atoms with Crippen LogP contribution in [-0.4, -0.2) is 24.2 Å². The zero-order chi connectivity index (χ0) is 15.6. The Labute approximate surface area is 123 Å². The molecule has 0 aliphatic heterocycles. The zero-order valence-electron chi connectivity index (χ0n) is 13.0. The fraction of sp³-hybridized carbons (Fsp3) is 0.750. The van der Waals surface area contributed by atoms with Crippen LogP contribution in [0, 0.1) is 0 Å². The van der Waals surface area contributed by atoms with Crippen molar-refractivity contribution in [1.82, 2.24) is 0 Å². The summed E-state index contributed by atoms with van der Waals surface area (Å²) in [5.74, 6) is -1.05. The number of ether oxygens (including phenoxy) is 1.